The minimum atomic E-state index is -2.90. The number of aryl methyl sites for hydroxylation is 1. The molecule has 0 aliphatic rings. The summed E-state index contributed by atoms with van der Waals surface area (Å²) in [6.07, 6.45) is 0. The Morgan fingerprint density at radius 1 is 1.24 bits per heavy atom. The summed E-state index contributed by atoms with van der Waals surface area (Å²) in [4.78, 5) is 12.1. The highest BCUT2D eigenvalue weighted by molar-refractivity contribution is 9.10. The molecule has 1 amide bonds. The number of carbonyl (C=O) groups is 1. The van der Waals surface area contributed by atoms with E-state index in [1.807, 2.05) is 13.0 Å². The molecule has 0 unspecified atom stereocenters. The van der Waals surface area contributed by atoms with E-state index >= 15 is 0 Å². The van der Waals surface area contributed by atoms with Crippen molar-refractivity contribution in [3.8, 4) is 5.75 Å². The lowest BCUT2D eigenvalue weighted by atomic mass is 10.1. The fourth-order valence-corrected chi connectivity index (χ4v) is 2.07. The molecule has 3 nitrogen and oxygen atoms in total. The Morgan fingerprint density at radius 3 is 2.67 bits per heavy atom. The van der Waals surface area contributed by atoms with E-state index in [0.29, 0.717) is 11.3 Å². The molecule has 0 heterocycles. The Labute approximate surface area is 129 Å². The van der Waals surface area contributed by atoms with Crippen LogP contribution in [0.4, 0.5) is 14.5 Å². The largest absolute Gasteiger partial charge is 0.435 e. The van der Waals surface area contributed by atoms with Gasteiger partial charge in [0.05, 0.1) is 0 Å². The molecule has 0 bridgehead atoms. The van der Waals surface area contributed by atoms with Crippen molar-refractivity contribution in [2.75, 3.05) is 5.32 Å². The molecule has 2 rings (SSSR count). The number of ether oxygens (including phenoxy) is 1. The SMILES string of the molecule is Cc1ccc(C(=O)Nc2cccc(OC(F)F)c2)cc1Br. The summed E-state index contributed by atoms with van der Waals surface area (Å²) in [5, 5.41) is 2.63. The minimum Gasteiger partial charge on any atom is -0.435 e. The van der Waals surface area contributed by atoms with E-state index in [0.717, 1.165) is 10.0 Å². The highest BCUT2D eigenvalue weighted by Crippen LogP contribution is 2.21. The first-order valence-electron chi connectivity index (χ1n) is 6.08. The molecule has 1 N–H and O–H groups in total. The van der Waals surface area contributed by atoms with Crippen LogP contribution in [-0.4, -0.2) is 12.5 Å². The van der Waals surface area contributed by atoms with Crippen molar-refractivity contribution in [3.05, 3.63) is 58.1 Å². The van der Waals surface area contributed by atoms with Crippen LogP contribution in [0.15, 0.2) is 46.9 Å². The Bertz CT molecular complexity index is 662. The molecule has 6 heteroatoms. The van der Waals surface area contributed by atoms with Crippen LogP contribution in [0.1, 0.15) is 15.9 Å². The quantitative estimate of drug-likeness (QED) is 0.869. The minimum absolute atomic E-state index is 0.00659. The number of benzene rings is 2. The number of alkyl halides is 2. The van der Waals surface area contributed by atoms with E-state index < -0.39 is 6.61 Å². The number of hydrogen-bond donors (Lipinski definition) is 1. The monoisotopic (exact) mass is 355 g/mol. The second-order valence-corrected chi connectivity index (χ2v) is 5.18. The molecule has 21 heavy (non-hydrogen) atoms. The Balaban J connectivity index is 2.13. The first-order valence-corrected chi connectivity index (χ1v) is 6.87. The lowest BCUT2D eigenvalue weighted by Gasteiger charge is -2.09. The molecule has 0 spiro atoms. The van der Waals surface area contributed by atoms with Gasteiger partial charge in [0.2, 0.25) is 0 Å². The molecule has 2 aromatic carbocycles. The topological polar surface area (TPSA) is 38.3 Å². The number of hydrogen-bond acceptors (Lipinski definition) is 2. The Kier molecular flexibility index (Phi) is 4.90. The van der Waals surface area contributed by atoms with Gasteiger partial charge in [-0.2, -0.15) is 8.78 Å². The molecule has 110 valence electrons. The van der Waals surface area contributed by atoms with Crippen molar-refractivity contribution in [2.45, 2.75) is 13.5 Å². The van der Waals surface area contributed by atoms with Gasteiger partial charge >= 0.3 is 6.61 Å². The average molecular weight is 356 g/mol. The third kappa shape index (κ3) is 4.26. The van der Waals surface area contributed by atoms with Crippen LogP contribution in [0, 0.1) is 6.92 Å². The van der Waals surface area contributed by atoms with E-state index in [2.05, 4.69) is 26.0 Å². The van der Waals surface area contributed by atoms with Crippen molar-refractivity contribution >= 4 is 27.5 Å². The zero-order valence-electron chi connectivity index (χ0n) is 11.1. The summed E-state index contributed by atoms with van der Waals surface area (Å²) < 4.78 is 29.4. The van der Waals surface area contributed by atoms with E-state index in [4.69, 9.17) is 0 Å². The molecule has 0 saturated heterocycles. The van der Waals surface area contributed by atoms with Crippen LogP contribution in [-0.2, 0) is 0 Å². The Hall–Kier alpha value is -1.95. The maximum Gasteiger partial charge on any atom is 0.387 e. The van der Waals surface area contributed by atoms with Gasteiger partial charge in [0, 0.05) is 21.8 Å². The smallest absolute Gasteiger partial charge is 0.387 e. The molecular formula is C15H12BrF2NO2. The summed E-state index contributed by atoms with van der Waals surface area (Å²) in [5.74, 6) is -0.335. The number of amides is 1. The van der Waals surface area contributed by atoms with Crippen molar-refractivity contribution in [3.63, 3.8) is 0 Å². The van der Waals surface area contributed by atoms with Crippen molar-refractivity contribution in [1.29, 1.82) is 0 Å². The summed E-state index contributed by atoms with van der Waals surface area (Å²) in [6.45, 7) is -0.985. The maximum absolute atomic E-state index is 12.1. The number of carbonyl (C=O) groups excluding carboxylic acids is 1. The molecule has 0 aliphatic heterocycles. The van der Waals surface area contributed by atoms with Crippen molar-refractivity contribution < 1.29 is 18.3 Å². The number of nitrogens with one attached hydrogen (secondary N) is 1. The van der Waals surface area contributed by atoms with Crippen LogP contribution in [0.3, 0.4) is 0 Å². The van der Waals surface area contributed by atoms with Gasteiger partial charge in [-0.15, -0.1) is 0 Å². The third-order valence-corrected chi connectivity index (χ3v) is 3.61. The Morgan fingerprint density at radius 2 is 2.00 bits per heavy atom. The number of anilines is 1. The molecular weight excluding hydrogens is 344 g/mol. The lowest BCUT2D eigenvalue weighted by molar-refractivity contribution is -0.0497. The molecule has 0 radical (unpaired) electrons. The van der Waals surface area contributed by atoms with Crippen molar-refractivity contribution in [1.82, 2.24) is 0 Å². The molecule has 0 aliphatic carbocycles. The first-order chi connectivity index (χ1) is 9.95. The number of rotatable bonds is 4. The van der Waals surface area contributed by atoms with Gasteiger partial charge in [-0.1, -0.05) is 28.1 Å². The summed E-state index contributed by atoms with van der Waals surface area (Å²) in [5.41, 5.74) is 1.86. The van der Waals surface area contributed by atoms with E-state index in [-0.39, 0.29) is 11.7 Å². The van der Waals surface area contributed by atoms with E-state index in [1.54, 1.807) is 18.2 Å². The van der Waals surface area contributed by atoms with Crippen LogP contribution >= 0.6 is 15.9 Å². The maximum atomic E-state index is 12.1. The first kappa shape index (κ1) is 15.4. The third-order valence-electron chi connectivity index (χ3n) is 2.75. The highest BCUT2D eigenvalue weighted by Gasteiger charge is 2.09. The summed E-state index contributed by atoms with van der Waals surface area (Å²) >= 11 is 3.36. The van der Waals surface area contributed by atoms with E-state index in [9.17, 15) is 13.6 Å². The zero-order chi connectivity index (χ0) is 15.4. The van der Waals surface area contributed by atoms with Gasteiger partial charge in [0.1, 0.15) is 5.75 Å². The van der Waals surface area contributed by atoms with Crippen molar-refractivity contribution in [2.24, 2.45) is 0 Å². The van der Waals surface area contributed by atoms with Crippen LogP contribution < -0.4 is 10.1 Å². The summed E-state index contributed by atoms with van der Waals surface area (Å²) in [6, 6.07) is 11.1. The van der Waals surface area contributed by atoms with Gasteiger partial charge in [-0.25, -0.2) is 0 Å². The zero-order valence-corrected chi connectivity index (χ0v) is 12.7. The second kappa shape index (κ2) is 6.67. The van der Waals surface area contributed by atoms with Gasteiger partial charge in [0.15, 0.2) is 0 Å². The predicted octanol–water partition coefficient (Wildman–Crippen LogP) is 4.61. The standard InChI is InChI=1S/C15H12BrF2NO2/c1-9-5-6-10(7-13(9)16)14(20)19-11-3-2-4-12(8-11)21-15(17)18/h2-8,15H,1H3,(H,19,20). The van der Waals surface area contributed by atoms with Crippen LogP contribution in [0.25, 0.3) is 0 Å². The molecule has 2 aromatic rings. The second-order valence-electron chi connectivity index (χ2n) is 4.32. The van der Waals surface area contributed by atoms with E-state index in [1.165, 1.54) is 18.2 Å². The predicted molar refractivity (Wildman–Crippen MR) is 79.9 cm³/mol. The normalized spacial score (nSPS) is 10.5. The molecule has 0 aromatic heterocycles. The molecule has 0 fully saturated rings. The average Bonchev–Trinajstić information content (AvgIpc) is 2.41. The van der Waals surface area contributed by atoms with Gasteiger partial charge in [0.25, 0.3) is 5.91 Å². The molecule has 0 saturated carbocycles. The van der Waals surface area contributed by atoms with Crippen LogP contribution in [0.2, 0.25) is 0 Å². The highest BCUT2D eigenvalue weighted by atomic mass is 79.9. The van der Waals surface area contributed by atoms with Gasteiger partial charge in [-0.05, 0) is 36.8 Å². The van der Waals surface area contributed by atoms with Gasteiger partial charge < -0.3 is 10.1 Å². The number of halogens is 3. The van der Waals surface area contributed by atoms with Gasteiger partial charge in [-0.3, -0.25) is 4.79 Å². The fraction of sp³-hybridized carbons (Fsp3) is 0.133. The molecule has 0 atom stereocenters. The lowest BCUT2D eigenvalue weighted by Crippen LogP contribution is -2.12. The summed E-state index contributed by atoms with van der Waals surface area (Å²) in [7, 11) is 0. The fourth-order valence-electron chi connectivity index (χ4n) is 1.69. The van der Waals surface area contributed by atoms with Crippen LogP contribution in [0.5, 0.6) is 5.75 Å².